The van der Waals surface area contributed by atoms with Crippen LogP contribution in [0.5, 0.6) is 0 Å². The molecule has 1 atom stereocenters. The lowest BCUT2D eigenvalue weighted by molar-refractivity contribution is -0.122. The Morgan fingerprint density at radius 3 is 2.55 bits per heavy atom. The maximum absolute atomic E-state index is 13.9. The maximum Gasteiger partial charge on any atom is 0.240 e. The third kappa shape index (κ3) is 6.06. The Balaban J connectivity index is 1.72. The van der Waals surface area contributed by atoms with E-state index in [1.807, 2.05) is 73.6 Å². The largest absolute Gasteiger partial charge is 0.353 e. The molecule has 2 amide bonds. The fourth-order valence-electron chi connectivity index (χ4n) is 4.64. The zero-order chi connectivity index (χ0) is 28.2. The molecule has 0 radical (unpaired) electrons. The minimum absolute atomic E-state index is 0.147. The molecule has 2 heterocycles. The average Bonchev–Trinajstić information content (AvgIpc) is 3.26. The number of hydrogen-bond donors (Lipinski definition) is 1. The number of anilines is 1. The summed E-state index contributed by atoms with van der Waals surface area (Å²) in [5, 5.41) is 8.19. The number of hydrogen-bond acceptors (Lipinski definition) is 5. The zero-order valence-electron chi connectivity index (χ0n) is 22.2. The van der Waals surface area contributed by atoms with Crippen LogP contribution in [0.15, 0.2) is 78.9 Å². The average molecular weight is 578 g/mol. The van der Waals surface area contributed by atoms with Crippen LogP contribution in [0.3, 0.4) is 0 Å². The monoisotopic (exact) mass is 577 g/mol. The lowest BCUT2D eigenvalue weighted by Crippen LogP contribution is -2.43. The van der Waals surface area contributed by atoms with Gasteiger partial charge in [-0.1, -0.05) is 54.1 Å². The van der Waals surface area contributed by atoms with E-state index in [1.165, 1.54) is 28.8 Å². The molecular weight excluding hydrogens is 549 g/mol. The first kappa shape index (κ1) is 27.9. The molecular formula is C30H29ClFN5O2S. The summed E-state index contributed by atoms with van der Waals surface area (Å²) in [6, 6.07) is 23.2. The Morgan fingerprint density at radius 2 is 1.85 bits per heavy atom. The normalized spacial score (nSPS) is 15.2. The standard InChI is InChI=1S/C30H29ClFN5O2S/c1-35(2)16-15-33-25(38)18-36-26(39)19-40-29(21-9-6-10-22(31)17-21)27-28(20-7-4-3-5-8-20)34-37(30(27)36)24-13-11-23(32)12-14-24/h3-14,17,29H,15-16,18-19H2,1-2H3,(H,33,38). The van der Waals surface area contributed by atoms with E-state index in [0.29, 0.717) is 35.3 Å². The molecule has 0 saturated heterocycles. The molecule has 0 spiro atoms. The van der Waals surface area contributed by atoms with E-state index in [0.717, 1.165) is 16.7 Å². The molecule has 1 aliphatic rings. The van der Waals surface area contributed by atoms with Gasteiger partial charge < -0.3 is 10.2 Å². The van der Waals surface area contributed by atoms with Crippen LogP contribution < -0.4 is 10.2 Å². The number of halogens is 2. The molecule has 0 saturated carbocycles. The Kier molecular flexibility index (Phi) is 8.54. The van der Waals surface area contributed by atoms with Gasteiger partial charge in [-0.25, -0.2) is 9.07 Å². The number of carbonyl (C=O) groups is 2. The highest BCUT2D eigenvalue weighted by molar-refractivity contribution is 8.00. The smallest absolute Gasteiger partial charge is 0.240 e. The van der Waals surface area contributed by atoms with E-state index in [2.05, 4.69) is 5.32 Å². The van der Waals surface area contributed by atoms with Gasteiger partial charge in [0.25, 0.3) is 0 Å². The first-order valence-electron chi connectivity index (χ1n) is 12.8. The summed E-state index contributed by atoms with van der Waals surface area (Å²) < 4.78 is 15.6. The molecule has 1 aliphatic heterocycles. The van der Waals surface area contributed by atoms with E-state index in [9.17, 15) is 14.0 Å². The van der Waals surface area contributed by atoms with Crippen LogP contribution in [0.4, 0.5) is 10.2 Å². The number of amides is 2. The van der Waals surface area contributed by atoms with Crippen LogP contribution in [0.1, 0.15) is 16.4 Å². The first-order valence-corrected chi connectivity index (χ1v) is 14.3. The minimum Gasteiger partial charge on any atom is -0.353 e. The van der Waals surface area contributed by atoms with Crippen LogP contribution in [0.2, 0.25) is 5.02 Å². The number of nitrogens with one attached hydrogen (secondary N) is 1. The zero-order valence-corrected chi connectivity index (χ0v) is 23.8. The fourth-order valence-corrected chi connectivity index (χ4v) is 6.03. The number of carbonyl (C=O) groups excluding carboxylic acids is 2. The van der Waals surface area contributed by atoms with Gasteiger partial charge in [0.1, 0.15) is 18.2 Å². The van der Waals surface area contributed by atoms with Crippen molar-refractivity contribution in [3.8, 4) is 16.9 Å². The number of nitrogens with zero attached hydrogens (tertiary/aromatic N) is 4. The van der Waals surface area contributed by atoms with E-state index in [1.54, 1.807) is 16.8 Å². The van der Waals surface area contributed by atoms with E-state index in [4.69, 9.17) is 16.7 Å². The molecule has 4 aromatic rings. The van der Waals surface area contributed by atoms with Crippen molar-refractivity contribution in [1.82, 2.24) is 20.0 Å². The molecule has 40 heavy (non-hydrogen) atoms. The molecule has 1 N–H and O–H groups in total. The van der Waals surface area contributed by atoms with Crippen molar-refractivity contribution in [3.63, 3.8) is 0 Å². The van der Waals surface area contributed by atoms with Crippen LogP contribution in [0, 0.1) is 5.82 Å². The predicted octanol–water partition coefficient (Wildman–Crippen LogP) is 5.18. The van der Waals surface area contributed by atoms with Gasteiger partial charge >= 0.3 is 0 Å². The highest BCUT2D eigenvalue weighted by atomic mass is 35.5. The molecule has 0 bridgehead atoms. The second kappa shape index (κ2) is 12.2. The van der Waals surface area contributed by atoms with Gasteiger partial charge in [0.15, 0.2) is 0 Å². The SMILES string of the molecule is CN(C)CCNC(=O)CN1C(=O)CSC(c2cccc(Cl)c2)c2c(-c3ccccc3)nn(-c3ccc(F)cc3)c21. The molecule has 3 aromatic carbocycles. The molecule has 0 aliphatic carbocycles. The highest BCUT2D eigenvalue weighted by Crippen LogP contribution is 2.48. The van der Waals surface area contributed by atoms with E-state index >= 15 is 0 Å². The maximum atomic E-state index is 13.9. The Hall–Kier alpha value is -3.66. The van der Waals surface area contributed by atoms with Crippen LogP contribution in [0.25, 0.3) is 16.9 Å². The minimum atomic E-state index is -0.383. The summed E-state index contributed by atoms with van der Waals surface area (Å²) in [5.74, 6) is -0.255. The Bertz CT molecular complexity index is 1510. The number of benzene rings is 3. The molecule has 1 unspecified atom stereocenters. The third-order valence-corrected chi connectivity index (χ3v) is 8.03. The molecule has 1 aromatic heterocycles. The quantitative estimate of drug-likeness (QED) is 0.313. The molecule has 5 rings (SSSR count). The number of fused-ring (bicyclic) bond motifs is 1. The van der Waals surface area contributed by atoms with Gasteiger partial charge in [0, 0.05) is 29.2 Å². The molecule has 10 heteroatoms. The summed E-state index contributed by atoms with van der Waals surface area (Å²) in [5.41, 5.74) is 3.80. The second-order valence-electron chi connectivity index (χ2n) is 9.72. The predicted molar refractivity (Wildman–Crippen MR) is 159 cm³/mol. The lowest BCUT2D eigenvalue weighted by Gasteiger charge is -2.23. The molecule has 7 nitrogen and oxygen atoms in total. The number of thioether (sulfide) groups is 1. The van der Waals surface area contributed by atoms with Crippen LogP contribution >= 0.6 is 23.4 Å². The van der Waals surface area contributed by atoms with Gasteiger partial charge in [-0.15, -0.1) is 11.8 Å². The van der Waals surface area contributed by atoms with E-state index in [-0.39, 0.29) is 35.2 Å². The first-order chi connectivity index (χ1) is 19.3. The second-order valence-corrected chi connectivity index (χ2v) is 11.2. The summed E-state index contributed by atoms with van der Waals surface area (Å²) in [7, 11) is 3.85. The van der Waals surface area contributed by atoms with Gasteiger partial charge in [0.2, 0.25) is 11.8 Å². The Labute approximate surface area is 241 Å². The van der Waals surface area contributed by atoms with Gasteiger partial charge in [-0.3, -0.25) is 14.5 Å². The van der Waals surface area contributed by atoms with Crippen molar-refractivity contribution in [2.75, 3.05) is 44.4 Å². The highest BCUT2D eigenvalue weighted by Gasteiger charge is 2.37. The van der Waals surface area contributed by atoms with Crippen LogP contribution in [-0.2, 0) is 9.59 Å². The van der Waals surface area contributed by atoms with Crippen molar-refractivity contribution in [3.05, 3.63) is 101 Å². The summed E-state index contributed by atoms with van der Waals surface area (Å²) >= 11 is 7.87. The van der Waals surface area contributed by atoms with Crippen molar-refractivity contribution in [2.24, 2.45) is 0 Å². The lowest BCUT2D eigenvalue weighted by atomic mass is 9.99. The summed E-state index contributed by atoms with van der Waals surface area (Å²) in [6.45, 7) is 0.944. The summed E-state index contributed by atoms with van der Waals surface area (Å²) in [6.07, 6.45) is 0. The molecule has 0 fully saturated rings. The van der Waals surface area contributed by atoms with Crippen molar-refractivity contribution in [1.29, 1.82) is 0 Å². The number of rotatable bonds is 8. The van der Waals surface area contributed by atoms with E-state index < -0.39 is 0 Å². The third-order valence-electron chi connectivity index (χ3n) is 6.54. The van der Waals surface area contributed by atoms with Gasteiger partial charge in [-0.05, 0) is 56.1 Å². The number of likely N-dealkylation sites (N-methyl/N-ethyl adjacent to an activating group) is 1. The number of aromatic nitrogens is 2. The molecule has 206 valence electrons. The summed E-state index contributed by atoms with van der Waals surface area (Å²) in [4.78, 5) is 30.3. The Morgan fingerprint density at radius 1 is 1.10 bits per heavy atom. The van der Waals surface area contributed by atoms with Crippen molar-refractivity contribution >= 4 is 41.0 Å². The van der Waals surface area contributed by atoms with Gasteiger partial charge in [0.05, 0.1) is 22.4 Å². The van der Waals surface area contributed by atoms with Crippen molar-refractivity contribution in [2.45, 2.75) is 5.25 Å². The topological polar surface area (TPSA) is 70.5 Å². The van der Waals surface area contributed by atoms with Gasteiger partial charge in [-0.2, -0.15) is 5.10 Å². The fraction of sp³-hybridized carbons (Fsp3) is 0.233. The van der Waals surface area contributed by atoms with Crippen molar-refractivity contribution < 1.29 is 14.0 Å². The van der Waals surface area contributed by atoms with Crippen LogP contribution in [-0.4, -0.2) is 66.0 Å².